The molecule has 0 radical (unpaired) electrons. The molecule has 4 heteroatoms. The molecule has 0 aromatic carbocycles. The first-order chi connectivity index (χ1) is 8.70. The van der Waals surface area contributed by atoms with Crippen LogP contribution in [0.4, 0.5) is 0 Å². The number of rotatable bonds is 5. The first-order valence-corrected chi connectivity index (χ1v) is 6.41. The number of pyridine rings is 1. The van der Waals surface area contributed by atoms with Crippen LogP contribution in [-0.4, -0.2) is 21.3 Å². The standard InChI is InChI=1S/C14H20N4/c1-4-7-15-12(3)14-6-5-13(9-16-14)18-10-11(2)8-17-18/h5-6,8-10,12,15H,4,7H2,1-3H3. The van der Waals surface area contributed by atoms with E-state index in [1.54, 1.807) is 0 Å². The molecule has 0 saturated carbocycles. The fraction of sp³-hybridized carbons (Fsp3) is 0.429. The zero-order chi connectivity index (χ0) is 13.0. The summed E-state index contributed by atoms with van der Waals surface area (Å²) in [4.78, 5) is 4.49. The van der Waals surface area contributed by atoms with Crippen molar-refractivity contribution in [1.82, 2.24) is 20.1 Å². The summed E-state index contributed by atoms with van der Waals surface area (Å²) in [5, 5.41) is 7.70. The molecule has 18 heavy (non-hydrogen) atoms. The fourth-order valence-corrected chi connectivity index (χ4v) is 1.81. The molecule has 0 saturated heterocycles. The second-order valence-electron chi connectivity index (χ2n) is 4.58. The van der Waals surface area contributed by atoms with E-state index in [0.29, 0.717) is 6.04 Å². The summed E-state index contributed by atoms with van der Waals surface area (Å²) in [6, 6.07) is 4.40. The summed E-state index contributed by atoms with van der Waals surface area (Å²) in [7, 11) is 0. The van der Waals surface area contributed by atoms with Crippen LogP contribution in [0.15, 0.2) is 30.7 Å². The summed E-state index contributed by atoms with van der Waals surface area (Å²) in [5.41, 5.74) is 3.21. The maximum atomic E-state index is 4.49. The van der Waals surface area contributed by atoms with Crippen LogP contribution in [0.1, 0.15) is 37.6 Å². The van der Waals surface area contributed by atoms with Crippen LogP contribution < -0.4 is 5.32 Å². The number of hydrogen-bond acceptors (Lipinski definition) is 3. The van der Waals surface area contributed by atoms with Crippen molar-refractivity contribution in [1.29, 1.82) is 0 Å². The minimum Gasteiger partial charge on any atom is -0.309 e. The lowest BCUT2D eigenvalue weighted by Gasteiger charge is -2.12. The van der Waals surface area contributed by atoms with Gasteiger partial charge in [-0.15, -0.1) is 0 Å². The number of nitrogens with one attached hydrogen (secondary N) is 1. The van der Waals surface area contributed by atoms with Gasteiger partial charge in [0.1, 0.15) is 0 Å². The van der Waals surface area contributed by atoms with Crippen molar-refractivity contribution in [3.63, 3.8) is 0 Å². The van der Waals surface area contributed by atoms with Gasteiger partial charge in [0, 0.05) is 12.2 Å². The molecule has 4 nitrogen and oxygen atoms in total. The van der Waals surface area contributed by atoms with E-state index >= 15 is 0 Å². The molecule has 1 atom stereocenters. The minimum atomic E-state index is 0.290. The van der Waals surface area contributed by atoms with Crippen molar-refractivity contribution in [3.8, 4) is 5.69 Å². The Kier molecular flexibility index (Phi) is 4.10. The highest BCUT2D eigenvalue weighted by Gasteiger charge is 2.06. The maximum absolute atomic E-state index is 4.49. The first-order valence-electron chi connectivity index (χ1n) is 6.41. The van der Waals surface area contributed by atoms with Crippen molar-refractivity contribution >= 4 is 0 Å². The molecule has 96 valence electrons. The minimum absolute atomic E-state index is 0.290. The first kappa shape index (κ1) is 12.8. The Morgan fingerprint density at radius 3 is 2.72 bits per heavy atom. The van der Waals surface area contributed by atoms with Crippen molar-refractivity contribution in [2.75, 3.05) is 6.54 Å². The van der Waals surface area contributed by atoms with Crippen molar-refractivity contribution in [2.45, 2.75) is 33.2 Å². The van der Waals surface area contributed by atoms with Gasteiger partial charge < -0.3 is 5.32 Å². The average molecular weight is 244 g/mol. The van der Waals surface area contributed by atoms with Gasteiger partial charge in [-0.2, -0.15) is 5.10 Å². The maximum Gasteiger partial charge on any atom is 0.0829 e. The molecule has 1 N–H and O–H groups in total. The van der Waals surface area contributed by atoms with E-state index in [0.717, 1.165) is 29.9 Å². The van der Waals surface area contributed by atoms with Crippen molar-refractivity contribution in [2.24, 2.45) is 0 Å². The zero-order valence-corrected chi connectivity index (χ0v) is 11.2. The summed E-state index contributed by atoms with van der Waals surface area (Å²) >= 11 is 0. The van der Waals surface area contributed by atoms with E-state index < -0.39 is 0 Å². The highest BCUT2D eigenvalue weighted by Crippen LogP contribution is 2.12. The van der Waals surface area contributed by atoms with Gasteiger partial charge in [-0.25, -0.2) is 4.68 Å². The highest BCUT2D eigenvalue weighted by atomic mass is 15.3. The van der Waals surface area contributed by atoms with Crippen LogP contribution in [0.3, 0.4) is 0 Å². The molecule has 0 amide bonds. The lowest BCUT2D eigenvalue weighted by molar-refractivity contribution is 0.558. The molecule has 1 unspecified atom stereocenters. The summed E-state index contributed by atoms with van der Waals surface area (Å²) in [5.74, 6) is 0. The highest BCUT2D eigenvalue weighted by molar-refractivity contribution is 5.30. The van der Waals surface area contributed by atoms with Gasteiger partial charge in [0.05, 0.1) is 23.8 Å². The van der Waals surface area contributed by atoms with Crippen molar-refractivity contribution < 1.29 is 0 Å². The van der Waals surface area contributed by atoms with Gasteiger partial charge in [-0.3, -0.25) is 4.98 Å². The predicted molar refractivity (Wildman–Crippen MR) is 72.8 cm³/mol. The second kappa shape index (κ2) is 5.78. The molecule has 0 fully saturated rings. The Morgan fingerprint density at radius 2 is 2.17 bits per heavy atom. The lowest BCUT2D eigenvalue weighted by atomic mass is 10.2. The molecule has 2 aromatic rings. The molecule has 0 aliphatic carbocycles. The predicted octanol–water partition coefficient (Wildman–Crippen LogP) is 2.64. The SMILES string of the molecule is CCCNC(C)c1ccc(-n2cc(C)cn2)cn1. The molecule has 0 spiro atoms. The van der Waals surface area contributed by atoms with Crippen LogP contribution in [0.2, 0.25) is 0 Å². The van der Waals surface area contributed by atoms with Crippen LogP contribution in [0.25, 0.3) is 5.69 Å². The van der Waals surface area contributed by atoms with Crippen LogP contribution in [0, 0.1) is 6.92 Å². The zero-order valence-electron chi connectivity index (χ0n) is 11.2. The lowest BCUT2D eigenvalue weighted by Crippen LogP contribution is -2.20. The van der Waals surface area contributed by atoms with Gasteiger partial charge in [0.25, 0.3) is 0 Å². The van der Waals surface area contributed by atoms with E-state index in [2.05, 4.69) is 41.4 Å². The number of hydrogen-bond donors (Lipinski definition) is 1. The van der Waals surface area contributed by atoms with Gasteiger partial charge in [-0.05, 0) is 44.5 Å². The summed E-state index contributed by atoms with van der Waals surface area (Å²) in [6.45, 7) is 7.34. The Labute approximate surface area is 108 Å². The molecular formula is C14H20N4. The van der Waals surface area contributed by atoms with E-state index in [-0.39, 0.29) is 0 Å². The topological polar surface area (TPSA) is 42.7 Å². The monoisotopic (exact) mass is 244 g/mol. The van der Waals surface area contributed by atoms with E-state index in [9.17, 15) is 0 Å². The van der Waals surface area contributed by atoms with Gasteiger partial charge >= 0.3 is 0 Å². The molecule has 2 aromatic heterocycles. The van der Waals surface area contributed by atoms with E-state index in [1.807, 2.05) is 30.2 Å². The smallest absolute Gasteiger partial charge is 0.0829 e. The third kappa shape index (κ3) is 2.96. The Hall–Kier alpha value is -1.68. The number of aryl methyl sites for hydroxylation is 1. The van der Waals surface area contributed by atoms with Gasteiger partial charge in [0.15, 0.2) is 0 Å². The second-order valence-corrected chi connectivity index (χ2v) is 4.58. The number of aromatic nitrogens is 3. The van der Waals surface area contributed by atoms with Crippen LogP contribution in [0.5, 0.6) is 0 Å². The fourth-order valence-electron chi connectivity index (χ4n) is 1.81. The Bertz CT molecular complexity index is 487. The third-order valence-electron chi connectivity index (χ3n) is 2.89. The van der Waals surface area contributed by atoms with Gasteiger partial charge in [-0.1, -0.05) is 6.92 Å². The van der Waals surface area contributed by atoms with Crippen LogP contribution in [-0.2, 0) is 0 Å². The summed E-state index contributed by atoms with van der Waals surface area (Å²) < 4.78 is 1.84. The van der Waals surface area contributed by atoms with Gasteiger partial charge in [0.2, 0.25) is 0 Å². The Balaban J connectivity index is 2.10. The molecule has 2 rings (SSSR count). The van der Waals surface area contributed by atoms with Crippen molar-refractivity contribution in [3.05, 3.63) is 42.0 Å². The van der Waals surface area contributed by atoms with Crippen LogP contribution >= 0.6 is 0 Å². The third-order valence-corrected chi connectivity index (χ3v) is 2.89. The molecular weight excluding hydrogens is 224 g/mol. The molecule has 2 heterocycles. The average Bonchev–Trinajstić information content (AvgIpc) is 2.83. The molecule has 0 aliphatic rings. The normalized spacial score (nSPS) is 12.6. The summed E-state index contributed by atoms with van der Waals surface area (Å²) in [6.07, 6.45) is 6.84. The number of nitrogens with zero attached hydrogens (tertiary/aromatic N) is 3. The largest absolute Gasteiger partial charge is 0.309 e. The van der Waals surface area contributed by atoms with E-state index in [1.165, 1.54) is 0 Å². The van der Waals surface area contributed by atoms with E-state index in [4.69, 9.17) is 0 Å². The molecule has 0 aliphatic heterocycles. The Morgan fingerprint density at radius 1 is 1.33 bits per heavy atom. The quantitative estimate of drug-likeness (QED) is 0.879. The molecule has 0 bridgehead atoms.